The van der Waals surface area contributed by atoms with Gasteiger partial charge in [-0.25, -0.2) is 0 Å². The Kier molecular flexibility index (Phi) is 5.08. The van der Waals surface area contributed by atoms with Gasteiger partial charge in [0.2, 0.25) is 0 Å². The molecule has 29 heavy (non-hydrogen) atoms. The van der Waals surface area contributed by atoms with Crippen LogP contribution in [0.15, 0.2) is 77.3 Å². The van der Waals surface area contributed by atoms with Crippen molar-refractivity contribution in [2.24, 2.45) is 0 Å². The molecule has 0 saturated heterocycles. The molecule has 3 nitrogen and oxygen atoms in total. The summed E-state index contributed by atoms with van der Waals surface area (Å²) < 4.78 is 3.57. The van der Waals surface area contributed by atoms with Crippen molar-refractivity contribution in [3.8, 4) is 11.4 Å². The summed E-state index contributed by atoms with van der Waals surface area (Å²) >= 11 is 3.54. The lowest BCUT2D eigenvalue weighted by Gasteiger charge is -2.10. The van der Waals surface area contributed by atoms with Crippen LogP contribution in [0.2, 0.25) is 0 Å². The van der Waals surface area contributed by atoms with Crippen molar-refractivity contribution < 1.29 is 0 Å². The van der Waals surface area contributed by atoms with Gasteiger partial charge in [0.15, 0.2) is 11.0 Å². The van der Waals surface area contributed by atoms with Gasteiger partial charge in [-0.15, -0.1) is 21.5 Å². The predicted octanol–water partition coefficient (Wildman–Crippen LogP) is 7.02. The van der Waals surface area contributed by atoms with Crippen LogP contribution >= 0.6 is 23.1 Å². The molecule has 5 heteroatoms. The van der Waals surface area contributed by atoms with E-state index in [9.17, 15) is 0 Å². The molecule has 0 amide bonds. The zero-order valence-electron chi connectivity index (χ0n) is 16.2. The fourth-order valence-electron chi connectivity index (χ4n) is 3.73. The van der Waals surface area contributed by atoms with Crippen LogP contribution in [0, 0.1) is 0 Å². The summed E-state index contributed by atoms with van der Waals surface area (Å²) in [6, 6.07) is 23.6. The van der Waals surface area contributed by atoms with Gasteiger partial charge in [-0.05, 0) is 28.8 Å². The van der Waals surface area contributed by atoms with E-state index in [2.05, 4.69) is 93.8 Å². The quantitative estimate of drug-likeness (QED) is 0.279. The predicted molar refractivity (Wildman–Crippen MR) is 125 cm³/mol. The Balaban J connectivity index is 1.49. The highest BCUT2D eigenvalue weighted by atomic mass is 32.2. The number of thiophene rings is 1. The van der Waals surface area contributed by atoms with Crippen LogP contribution in [0.1, 0.15) is 18.9 Å². The lowest BCUT2D eigenvalue weighted by atomic mass is 10.1. The molecule has 0 spiro atoms. The van der Waals surface area contributed by atoms with Gasteiger partial charge < -0.3 is 4.57 Å². The third-order valence-electron chi connectivity index (χ3n) is 5.12. The Bertz CT molecular complexity index is 1280. The topological polar surface area (TPSA) is 30.7 Å². The molecule has 5 aromatic rings. The molecule has 2 heterocycles. The molecule has 0 aliphatic rings. The molecule has 3 aromatic carbocycles. The smallest absolute Gasteiger partial charge is 0.191 e. The van der Waals surface area contributed by atoms with Gasteiger partial charge in [-0.3, -0.25) is 0 Å². The summed E-state index contributed by atoms with van der Waals surface area (Å²) in [4.78, 5) is 0. The molecular weight excluding hydrogens is 394 g/mol. The van der Waals surface area contributed by atoms with Crippen molar-refractivity contribution in [1.29, 1.82) is 0 Å². The third-order valence-corrected chi connectivity index (χ3v) is 7.10. The van der Waals surface area contributed by atoms with Gasteiger partial charge >= 0.3 is 0 Å². The van der Waals surface area contributed by atoms with E-state index in [1.54, 1.807) is 23.1 Å². The lowest BCUT2D eigenvalue weighted by molar-refractivity contribution is 0.626. The third kappa shape index (κ3) is 3.45. The van der Waals surface area contributed by atoms with E-state index in [1.165, 1.54) is 32.0 Å². The Hall–Kier alpha value is -2.63. The highest BCUT2D eigenvalue weighted by molar-refractivity contribution is 7.98. The molecule has 0 unspecified atom stereocenters. The van der Waals surface area contributed by atoms with Crippen LogP contribution in [0.4, 0.5) is 0 Å². The monoisotopic (exact) mass is 415 g/mol. The molecule has 0 radical (unpaired) electrons. The maximum Gasteiger partial charge on any atom is 0.191 e. The summed E-state index contributed by atoms with van der Waals surface area (Å²) in [7, 11) is 0. The molecule has 0 N–H and O–H groups in total. The Morgan fingerprint density at radius 3 is 2.59 bits per heavy atom. The minimum atomic E-state index is 0.883. The van der Waals surface area contributed by atoms with E-state index >= 15 is 0 Å². The van der Waals surface area contributed by atoms with Crippen molar-refractivity contribution in [2.45, 2.75) is 30.8 Å². The maximum atomic E-state index is 4.60. The molecule has 0 aliphatic heterocycles. The van der Waals surface area contributed by atoms with Gasteiger partial charge in [-0.2, -0.15) is 0 Å². The van der Waals surface area contributed by atoms with Gasteiger partial charge in [0.1, 0.15) is 0 Å². The fourth-order valence-corrected chi connectivity index (χ4v) is 5.64. The highest BCUT2D eigenvalue weighted by Gasteiger charge is 2.17. The second-order valence-electron chi connectivity index (χ2n) is 7.03. The fraction of sp³-hybridized carbons (Fsp3) is 0.167. The zero-order chi connectivity index (χ0) is 19.6. The largest absolute Gasteiger partial charge is 0.302 e. The number of aromatic nitrogens is 3. The van der Waals surface area contributed by atoms with E-state index in [1.807, 2.05) is 0 Å². The van der Waals surface area contributed by atoms with Crippen LogP contribution in [-0.2, 0) is 12.3 Å². The Morgan fingerprint density at radius 2 is 1.69 bits per heavy atom. The molecule has 0 aliphatic carbocycles. The van der Waals surface area contributed by atoms with E-state index in [4.69, 9.17) is 0 Å². The average molecular weight is 416 g/mol. The number of nitrogens with zero attached hydrogens (tertiary/aromatic N) is 3. The molecule has 0 fully saturated rings. The van der Waals surface area contributed by atoms with Crippen molar-refractivity contribution in [3.05, 3.63) is 77.7 Å². The van der Waals surface area contributed by atoms with Gasteiger partial charge in [0.25, 0.3) is 0 Å². The minimum absolute atomic E-state index is 0.883. The number of fused-ring (bicyclic) bond motifs is 2. The molecule has 0 atom stereocenters. The first-order valence-electron chi connectivity index (χ1n) is 9.84. The molecular formula is C24H21N3S2. The maximum absolute atomic E-state index is 4.60. The summed E-state index contributed by atoms with van der Waals surface area (Å²) in [5, 5.41) is 16.2. The van der Waals surface area contributed by atoms with Crippen LogP contribution in [0.3, 0.4) is 0 Å². The molecule has 144 valence electrons. The molecule has 2 aromatic heterocycles. The Morgan fingerprint density at radius 1 is 0.897 bits per heavy atom. The number of thioether (sulfide) groups is 1. The van der Waals surface area contributed by atoms with Gasteiger partial charge in [0, 0.05) is 33.3 Å². The summed E-state index contributed by atoms with van der Waals surface area (Å²) in [5.41, 5.74) is 2.52. The van der Waals surface area contributed by atoms with Gasteiger partial charge in [-0.1, -0.05) is 79.3 Å². The van der Waals surface area contributed by atoms with Crippen LogP contribution in [0.5, 0.6) is 0 Å². The highest BCUT2D eigenvalue weighted by Crippen LogP contribution is 2.35. The van der Waals surface area contributed by atoms with Gasteiger partial charge in [0.05, 0.1) is 0 Å². The van der Waals surface area contributed by atoms with E-state index in [0.717, 1.165) is 29.7 Å². The second kappa shape index (κ2) is 8.01. The van der Waals surface area contributed by atoms with Crippen molar-refractivity contribution in [3.63, 3.8) is 0 Å². The minimum Gasteiger partial charge on any atom is -0.302 e. The molecule has 0 bridgehead atoms. The first kappa shape index (κ1) is 18.4. The normalized spacial score (nSPS) is 11.5. The number of benzene rings is 3. The van der Waals surface area contributed by atoms with Crippen molar-refractivity contribution in [1.82, 2.24) is 14.8 Å². The Labute approximate surface area is 178 Å². The zero-order valence-corrected chi connectivity index (χ0v) is 17.8. The lowest BCUT2D eigenvalue weighted by Crippen LogP contribution is -2.01. The van der Waals surface area contributed by atoms with Crippen molar-refractivity contribution in [2.75, 3.05) is 0 Å². The number of rotatable bonds is 6. The number of hydrogen-bond donors (Lipinski definition) is 0. The van der Waals surface area contributed by atoms with Crippen LogP contribution in [0.25, 0.3) is 32.2 Å². The SMILES string of the molecule is CCCn1c(SCc2cccc3ccccc23)nnc1-c1csc2ccccc12. The molecule has 0 saturated carbocycles. The first-order chi connectivity index (χ1) is 14.3. The van der Waals surface area contributed by atoms with E-state index in [-0.39, 0.29) is 0 Å². The standard InChI is InChI=1S/C24H21N3S2/c1-2-14-27-23(21-16-28-22-13-6-5-12-20(21)22)25-26-24(27)29-15-18-10-7-9-17-8-3-4-11-19(17)18/h3-13,16H,2,14-15H2,1H3. The summed E-state index contributed by atoms with van der Waals surface area (Å²) in [6.07, 6.45) is 1.05. The second-order valence-corrected chi connectivity index (χ2v) is 8.88. The summed E-state index contributed by atoms with van der Waals surface area (Å²) in [6.45, 7) is 3.12. The van der Waals surface area contributed by atoms with Crippen LogP contribution < -0.4 is 0 Å². The van der Waals surface area contributed by atoms with Crippen LogP contribution in [-0.4, -0.2) is 14.8 Å². The van der Waals surface area contributed by atoms with Crippen molar-refractivity contribution >= 4 is 44.0 Å². The average Bonchev–Trinajstić information content (AvgIpc) is 3.36. The first-order valence-corrected chi connectivity index (χ1v) is 11.7. The molecule has 5 rings (SSSR count). The van der Waals surface area contributed by atoms with E-state index < -0.39 is 0 Å². The number of hydrogen-bond acceptors (Lipinski definition) is 4. The summed E-state index contributed by atoms with van der Waals surface area (Å²) in [5.74, 6) is 1.86. The van der Waals surface area contributed by atoms with E-state index in [0.29, 0.717) is 0 Å².